The summed E-state index contributed by atoms with van der Waals surface area (Å²) in [5.41, 5.74) is 3.78. The zero-order valence-corrected chi connectivity index (χ0v) is 20.3. The summed E-state index contributed by atoms with van der Waals surface area (Å²) < 4.78 is 38.0. The first-order valence-electron chi connectivity index (χ1n) is 11.0. The van der Waals surface area contributed by atoms with Crippen molar-refractivity contribution in [2.24, 2.45) is 0 Å². The lowest BCUT2D eigenvalue weighted by Crippen LogP contribution is -2.40. The minimum Gasteiger partial charge on any atom is -0.486 e. The van der Waals surface area contributed by atoms with Crippen molar-refractivity contribution < 1.29 is 22.7 Å². The van der Waals surface area contributed by atoms with Gasteiger partial charge in [0.05, 0.1) is 25.0 Å². The zero-order chi connectivity index (χ0) is 24.3. The van der Waals surface area contributed by atoms with E-state index in [1.807, 2.05) is 56.3 Å². The molecule has 0 aromatic heterocycles. The fourth-order valence-corrected chi connectivity index (χ4v) is 4.71. The average molecular weight is 481 g/mol. The van der Waals surface area contributed by atoms with E-state index < -0.39 is 10.0 Å². The van der Waals surface area contributed by atoms with Gasteiger partial charge in [-0.05, 0) is 60.9 Å². The lowest BCUT2D eigenvalue weighted by Gasteiger charge is -2.26. The van der Waals surface area contributed by atoms with E-state index in [1.165, 1.54) is 10.6 Å². The highest BCUT2D eigenvalue weighted by atomic mass is 32.2. The van der Waals surface area contributed by atoms with Crippen LogP contribution < -0.4 is 19.1 Å². The number of hydrogen-bond donors (Lipinski definition) is 1. The van der Waals surface area contributed by atoms with Gasteiger partial charge in [-0.25, -0.2) is 8.42 Å². The molecule has 1 aliphatic heterocycles. The molecule has 0 bridgehead atoms. The molecule has 7 nitrogen and oxygen atoms in total. The van der Waals surface area contributed by atoms with Crippen molar-refractivity contribution in [3.63, 3.8) is 0 Å². The summed E-state index contributed by atoms with van der Waals surface area (Å²) in [6.07, 6.45) is 0.922. The number of ether oxygens (including phenoxy) is 2. The second-order valence-corrected chi connectivity index (χ2v) is 10.4. The molecular formula is C26H28N2O5S. The Kier molecular flexibility index (Phi) is 6.79. The number of sulfonamides is 1. The third kappa shape index (κ3) is 5.51. The maximum Gasteiger partial charge on any atom is 0.251 e. The van der Waals surface area contributed by atoms with Crippen LogP contribution >= 0.6 is 0 Å². The van der Waals surface area contributed by atoms with Gasteiger partial charge in [-0.15, -0.1) is 0 Å². The molecule has 0 spiro atoms. The second-order valence-electron chi connectivity index (χ2n) is 8.46. The standard InChI is InChI=1S/C26H28N2O5S/c1-18-8-9-19(2)23(14-18)28(34(3,30)31)16-20-10-12-21(13-11-20)26(29)27-15-22-17-32-24-6-4-5-7-25(24)33-22/h4-14,22H,15-17H2,1-3H3,(H,27,29)/t22-/m0/s1. The van der Waals surface area contributed by atoms with E-state index in [1.54, 1.807) is 24.3 Å². The quantitative estimate of drug-likeness (QED) is 0.555. The Bertz CT molecular complexity index is 1290. The van der Waals surface area contributed by atoms with Gasteiger partial charge in [0.2, 0.25) is 10.0 Å². The first kappa shape index (κ1) is 23.6. The van der Waals surface area contributed by atoms with E-state index in [0.717, 1.165) is 16.7 Å². The molecule has 1 heterocycles. The Balaban J connectivity index is 1.40. The van der Waals surface area contributed by atoms with Crippen LogP contribution in [-0.2, 0) is 16.6 Å². The first-order valence-corrected chi connectivity index (χ1v) is 12.9. The van der Waals surface area contributed by atoms with Crippen molar-refractivity contribution in [2.75, 3.05) is 23.7 Å². The Labute approximate surface area is 200 Å². The molecule has 4 rings (SSSR count). The molecule has 8 heteroatoms. The molecule has 0 unspecified atom stereocenters. The van der Waals surface area contributed by atoms with Gasteiger partial charge < -0.3 is 14.8 Å². The van der Waals surface area contributed by atoms with Gasteiger partial charge in [-0.2, -0.15) is 0 Å². The predicted molar refractivity (Wildman–Crippen MR) is 132 cm³/mol. The molecule has 1 atom stereocenters. The van der Waals surface area contributed by atoms with Gasteiger partial charge in [0.15, 0.2) is 11.5 Å². The van der Waals surface area contributed by atoms with Gasteiger partial charge in [0.1, 0.15) is 12.7 Å². The number of benzene rings is 3. The molecule has 0 saturated heterocycles. The Morgan fingerprint density at radius 2 is 1.74 bits per heavy atom. The number of aryl methyl sites for hydroxylation is 2. The van der Waals surface area contributed by atoms with Crippen LogP contribution in [0.2, 0.25) is 0 Å². The third-order valence-electron chi connectivity index (χ3n) is 5.63. The number of anilines is 1. The summed E-state index contributed by atoms with van der Waals surface area (Å²) in [6.45, 7) is 4.66. The van der Waals surface area contributed by atoms with Crippen LogP contribution in [0, 0.1) is 13.8 Å². The number of rotatable bonds is 7. The summed E-state index contributed by atoms with van der Waals surface area (Å²) in [6, 6.07) is 20.1. The maximum atomic E-state index is 12.6. The van der Waals surface area contributed by atoms with Crippen molar-refractivity contribution in [2.45, 2.75) is 26.5 Å². The van der Waals surface area contributed by atoms with E-state index >= 15 is 0 Å². The predicted octanol–water partition coefficient (Wildman–Crippen LogP) is 3.84. The van der Waals surface area contributed by atoms with E-state index in [-0.39, 0.29) is 18.6 Å². The summed E-state index contributed by atoms with van der Waals surface area (Å²) >= 11 is 0. The SMILES string of the molecule is Cc1ccc(C)c(N(Cc2ccc(C(=O)NC[C@H]3COc4ccccc4O3)cc2)S(C)(=O)=O)c1. The summed E-state index contributed by atoms with van der Waals surface area (Å²) in [5.74, 6) is 1.13. The number of carbonyl (C=O) groups is 1. The van der Waals surface area contributed by atoms with Crippen LogP contribution in [0.5, 0.6) is 11.5 Å². The van der Waals surface area contributed by atoms with Crippen LogP contribution in [-0.4, -0.2) is 39.8 Å². The normalized spacial score (nSPS) is 15.0. The van der Waals surface area contributed by atoms with Gasteiger partial charge in [0.25, 0.3) is 5.91 Å². The second kappa shape index (κ2) is 9.77. The topological polar surface area (TPSA) is 84.9 Å². The summed E-state index contributed by atoms with van der Waals surface area (Å²) in [4.78, 5) is 12.6. The highest BCUT2D eigenvalue weighted by Crippen LogP contribution is 2.30. The van der Waals surface area contributed by atoms with E-state index in [9.17, 15) is 13.2 Å². The zero-order valence-electron chi connectivity index (χ0n) is 19.4. The molecule has 0 radical (unpaired) electrons. The minimum atomic E-state index is -3.50. The Hall–Kier alpha value is -3.52. The number of nitrogens with zero attached hydrogens (tertiary/aromatic N) is 1. The van der Waals surface area contributed by atoms with Crippen LogP contribution in [0.15, 0.2) is 66.7 Å². The minimum absolute atomic E-state index is 0.178. The fourth-order valence-electron chi connectivity index (χ4n) is 3.77. The summed E-state index contributed by atoms with van der Waals surface area (Å²) in [7, 11) is -3.50. The Morgan fingerprint density at radius 1 is 1.03 bits per heavy atom. The number of nitrogens with one attached hydrogen (secondary N) is 1. The number of amides is 1. The average Bonchev–Trinajstić information content (AvgIpc) is 2.82. The number of para-hydroxylation sites is 2. The van der Waals surface area contributed by atoms with E-state index in [0.29, 0.717) is 35.9 Å². The molecule has 0 fully saturated rings. The van der Waals surface area contributed by atoms with Gasteiger partial charge in [-0.1, -0.05) is 36.4 Å². The molecule has 34 heavy (non-hydrogen) atoms. The molecule has 3 aromatic rings. The van der Waals surface area contributed by atoms with Crippen LogP contribution in [0.3, 0.4) is 0 Å². The van der Waals surface area contributed by atoms with Crippen molar-refractivity contribution in [1.29, 1.82) is 0 Å². The van der Waals surface area contributed by atoms with Crippen molar-refractivity contribution in [1.82, 2.24) is 5.32 Å². The first-order chi connectivity index (χ1) is 16.2. The molecule has 178 valence electrons. The maximum absolute atomic E-state index is 12.6. The molecule has 3 aromatic carbocycles. The smallest absolute Gasteiger partial charge is 0.251 e. The van der Waals surface area contributed by atoms with Crippen LogP contribution in [0.25, 0.3) is 0 Å². The molecule has 1 N–H and O–H groups in total. The summed E-state index contributed by atoms with van der Waals surface area (Å²) in [5, 5.41) is 2.87. The van der Waals surface area contributed by atoms with Crippen molar-refractivity contribution in [3.8, 4) is 11.5 Å². The van der Waals surface area contributed by atoms with E-state index in [2.05, 4.69) is 5.32 Å². The fraction of sp³-hybridized carbons (Fsp3) is 0.269. The third-order valence-corrected chi connectivity index (χ3v) is 6.76. The largest absolute Gasteiger partial charge is 0.486 e. The van der Waals surface area contributed by atoms with E-state index in [4.69, 9.17) is 9.47 Å². The van der Waals surface area contributed by atoms with Gasteiger partial charge in [-0.3, -0.25) is 9.10 Å². The van der Waals surface area contributed by atoms with Crippen LogP contribution in [0.4, 0.5) is 5.69 Å². The molecule has 1 amide bonds. The lowest BCUT2D eigenvalue weighted by atomic mass is 10.1. The lowest BCUT2D eigenvalue weighted by molar-refractivity contribution is 0.0789. The monoisotopic (exact) mass is 480 g/mol. The van der Waals surface area contributed by atoms with Crippen molar-refractivity contribution >= 4 is 21.6 Å². The van der Waals surface area contributed by atoms with Gasteiger partial charge >= 0.3 is 0 Å². The van der Waals surface area contributed by atoms with Crippen molar-refractivity contribution in [3.05, 3.63) is 89.0 Å². The van der Waals surface area contributed by atoms with Gasteiger partial charge in [0, 0.05) is 5.56 Å². The molecule has 0 aliphatic carbocycles. The van der Waals surface area contributed by atoms with Crippen LogP contribution in [0.1, 0.15) is 27.0 Å². The molecule has 0 saturated carbocycles. The number of carbonyl (C=O) groups excluding carboxylic acids is 1. The molecular weight excluding hydrogens is 452 g/mol. The Morgan fingerprint density at radius 3 is 2.44 bits per heavy atom. The number of fused-ring (bicyclic) bond motifs is 1. The molecule has 1 aliphatic rings. The highest BCUT2D eigenvalue weighted by molar-refractivity contribution is 7.92. The number of hydrogen-bond acceptors (Lipinski definition) is 5. The highest BCUT2D eigenvalue weighted by Gasteiger charge is 2.22.